The highest BCUT2D eigenvalue weighted by Crippen LogP contribution is 2.32. The van der Waals surface area contributed by atoms with Crippen LogP contribution in [0.3, 0.4) is 0 Å². The molecule has 1 aliphatic rings. The quantitative estimate of drug-likeness (QED) is 0.494. The topological polar surface area (TPSA) is 96.5 Å². The molecular weight excluding hydrogens is 474 g/mol. The molecule has 0 saturated carbocycles. The molecule has 2 N–H and O–H groups in total. The van der Waals surface area contributed by atoms with Crippen LogP contribution in [-0.2, 0) is 4.74 Å². The van der Waals surface area contributed by atoms with Crippen molar-refractivity contribution < 1.29 is 14.3 Å². The van der Waals surface area contributed by atoms with E-state index in [0.29, 0.717) is 17.8 Å². The van der Waals surface area contributed by atoms with Crippen molar-refractivity contribution in [2.45, 2.75) is 25.9 Å². The van der Waals surface area contributed by atoms with Crippen LogP contribution in [0.15, 0.2) is 47.2 Å². The van der Waals surface area contributed by atoms with Gasteiger partial charge in [-0.3, -0.25) is 9.78 Å². The molecule has 3 heterocycles. The van der Waals surface area contributed by atoms with E-state index in [-0.39, 0.29) is 11.9 Å². The molecule has 1 saturated heterocycles. The number of anilines is 3. The summed E-state index contributed by atoms with van der Waals surface area (Å²) in [5.41, 5.74) is 2.78. The number of hydrogen-bond donors (Lipinski definition) is 2. The van der Waals surface area contributed by atoms with Crippen molar-refractivity contribution in [2.75, 3.05) is 30.4 Å². The van der Waals surface area contributed by atoms with E-state index in [9.17, 15) is 9.59 Å². The van der Waals surface area contributed by atoms with Crippen LogP contribution in [0, 0.1) is 0 Å². The van der Waals surface area contributed by atoms with E-state index in [1.807, 2.05) is 30.3 Å². The lowest BCUT2D eigenvalue weighted by atomic mass is 10.1. The summed E-state index contributed by atoms with van der Waals surface area (Å²) in [6.07, 6.45) is 4.52. The molecule has 8 nitrogen and oxygen atoms in total. The van der Waals surface area contributed by atoms with Crippen LogP contribution in [-0.4, -0.2) is 48.1 Å². The van der Waals surface area contributed by atoms with Crippen LogP contribution in [0.5, 0.6) is 0 Å². The summed E-state index contributed by atoms with van der Waals surface area (Å²) < 4.78 is 6.31. The molecule has 0 radical (unpaired) electrons. The SMILES string of the molecule is CNC(=O)OC1CCCN(c2ccc(Nc3c(C(C)=O)cnc4ccc(Br)cc34)cn2)C1. The van der Waals surface area contributed by atoms with E-state index < -0.39 is 6.09 Å². The second kappa shape index (κ2) is 9.52. The van der Waals surface area contributed by atoms with E-state index in [1.165, 1.54) is 6.92 Å². The highest BCUT2D eigenvalue weighted by atomic mass is 79.9. The Balaban J connectivity index is 1.56. The number of Topliss-reactive ketones (excluding diaryl/α,β-unsaturated/α-hetero) is 1. The summed E-state index contributed by atoms with van der Waals surface area (Å²) in [5.74, 6) is 0.747. The summed E-state index contributed by atoms with van der Waals surface area (Å²) in [6, 6.07) is 9.63. The highest BCUT2D eigenvalue weighted by Gasteiger charge is 2.23. The Morgan fingerprint density at radius 3 is 2.75 bits per heavy atom. The minimum Gasteiger partial charge on any atom is -0.444 e. The Labute approximate surface area is 194 Å². The number of halogens is 1. The third kappa shape index (κ3) is 4.83. The van der Waals surface area contributed by atoms with E-state index >= 15 is 0 Å². The van der Waals surface area contributed by atoms with Crippen molar-refractivity contribution in [2.24, 2.45) is 0 Å². The van der Waals surface area contributed by atoms with Crippen LogP contribution >= 0.6 is 15.9 Å². The standard InChI is InChI=1S/C23H24BrN5O3/c1-14(30)19-12-26-20-7-5-15(24)10-18(20)22(19)28-16-6-8-21(27-11-16)29-9-3-4-17(13-29)32-23(31)25-2/h5-8,10-12,17H,3-4,9,13H2,1-2H3,(H,25,31)(H,26,28). The van der Waals surface area contributed by atoms with Gasteiger partial charge < -0.3 is 20.3 Å². The third-order valence-electron chi connectivity index (χ3n) is 5.41. The predicted molar refractivity (Wildman–Crippen MR) is 128 cm³/mol. The van der Waals surface area contributed by atoms with Gasteiger partial charge in [-0.05, 0) is 50.1 Å². The van der Waals surface area contributed by atoms with Crippen LogP contribution in [0.4, 0.5) is 22.0 Å². The molecule has 32 heavy (non-hydrogen) atoms. The maximum atomic E-state index is 12.2. The van der Waals surface area contributed by atoms with Gasteiger partial charge in [0.15, 0.2) is 5.78 Å². The van der Waals surface area contributed by atoms with Crippen molar-refractivity contribution in [3.8, 4) is 0 Å². The predicted octanol–water partition coefficient (Wildman–Crippen LogP) is 4.66. The minimum atomic E-state index is -0.415. The van der Waals surface area contributed by atoms with Gasteiger partial charge in [0, 0.05) is 29.6 Å². The monoisotopic (exact) mass is 497 g/mol. The molecule has 0 bridgehead atoms. The first-order chi connectivity index (χ1) is 15.4. The Morgan fingerprint density at radius 1 is 1.19 bits per heavy atom. The lowest BCUT2D eigenvalue weighted by Gasteiger charge is -2.33. The number of alkyl carbamates (subject to hydrolysis) is 1. The summed E-state index contributed by atoms with van der Waals surface area (Å²) in [4.78, 5) is 34.9. The number of carbonyl (C=O) groups excluding carboxylic acids is 2. The van der Waals surface area contributed by atoms with Gasteiger partial charge in [-0.1, -0.05) is 15.9 Å². The molecule has 2 aromatic heterocycles. The van der Waals surface area contributed by atoms with Gasteiger partial charge >= 0.3 is 6.09 Å². The third-order valence-corrected chi connectivity index (χ3v) is 5.90. The Morgan fingerprint density at radius 2 is 2.03 bits per heavy atom. The largest absolute Gasteiger partial charge is 0.444 e. The van der Waals surface area contributed by atoms with Gasteiger partial charge in [-0.25, -0.2) is 9.78 Å². The van der Waals surface area contributed by atoms with Gasteiger partial charge in [0.05, 0.1) is 35.2 Å². The first-order valence-corrected chi connectivity index (χ1v) is 11.2. The number of hydrogen-bond acceptors (Lipinski definition) is 7. The van der Waals surface area contributed by atoms with Gasteiger partial charge in [-0.2, -0.15) is 0 Å². The highest BCUT2D eigenvalue weighted by molar-refractivity contribution is 9.10. The Bertz CT molecular complexity index is 1150. The summed E-state index contributed by atoms with van der Waals surface area (Å²) in [6.45, 7) is 2.98. The zero-order chi connectivity index (χ0) is 22.7. The molecule has 1 atom stereocenters. The van der Waals surface area contributed by atoms with Gasteiger partial charge in [0.1, 0.15) is 11.9 Å². The normalized spacial score (nSPS) is 16.0. The van der Waals surface area contributed by atoms with Crippen molar-refractivity contribution >= 4 is 55.9 Å². The number of ether oxygens (including phenoxy) is 1. The molecule has 166 valence electrons. The first kappa shape index (κ1) is 22.0. The van der Waals surface area contributed by atoms with Crippen molar-refractivity contribution in [1.82, 2.24) is 15.3 Å². The maximum absolute atomic E-state index is 12.2. The average molecular weight is 498 g/mol. The Kier molecular flexibility index (Phi) is 6.55. The smallest absolute Gasteiger partial charge is 0.407 e. The van der Waals surface area contributed by atoms with Crippen LogP contribution in [0.2, 0.25) is 0 Å². The van der Waals surface area contributed by atoms with E-state index in [0.717, 1.165) is 46.3 Å². The van der Waals surface area contributed by atoms with E-state index in [1.54, 1.807) is 19.4 Å². The fraction of sp³-hybridized carbons (Fsp3) is 0.304. The van der Waals surface area contributed by atoms with Crippen LogP contribution in [0.25, 0.3) is 10.9 Å². The number of aromatic nitrogens is 2. The number of nitrogens with zero attached hydrogens (tertiary/aromatic N) is 3. The Hall–Kier alpha value is -3.20. The minimum absolute atomic E-state index is 0.0677. The lowest BCUT2D eigenvalue weighted by Crippen LogP contribution is -2.42. The molecule has 0 spiro atoms. The number of rotatable bonds is 5. The fourth-order valence-electron chi connectivity index (χ4n) is 3.81. The number of piperidine rings is 1. The summed E-state index contributed by atoms with van der Waals surface area (Å²) in [7, 11) is 1.55. The zero-order valence-electron chi connectivity index (χ0n) is 17.9. The molecule has 1 aromatic carbocycles. The molecule has 3 aromatic rings. The van der Waals surface area contributed by atoms with Crippen molar-refractivity contribution in [3.05, 3.63) is 52.8 Å². The second-order valence-corrected chi connectivity index (χ2v) is 8.58. The van der Waals surface area contributed by atoms with Crippen LogP contribution in [0.1, 0.15) is 30.1 Å². The molecular formula is C23H24BrN5O3. The van der Waals surface area contributed by atoms with Gasteiger partial charge in [0.25, 0.3) is 0 Å². The summed E-state index contributed by atoms with van der Waals surface area (Å²) >= 11 is 3.50. The first-order valence-electron chi connectivity index (χ1n) is 10.4. The van der Waals surface area contributed by atoms with E-state index in [2.05, 4.69) is 41.4 Å². The number of nitrogens with one attached hydrogen (secondary N) is 2. The fourth-order valence-corrected chi connectivity index (χ4v) is 4.17. The molecule has 1 amide bonds. The van der Waals surface area contributed by atoms with E-state index in [4.69, 9.17) is 4.74 Å². The van der Waals surface area contributed by atoms with Crippen molar-refractivity contribution in [1.29, 1.82) is 0 Å². The molecule has 1 unspecified atom stereocenters. The maximum Gasteiger partial charge on any atom is 0.407 e. The zero-order valence-corrected chi connectivity index (χ0v) is 19.5. The molecule has 1 aliphatic heterocycles. The lowest BCUT2D eigenvalue weighted by molar-refractivity contribution is 0.0899. The average Bonchev–Trinajstić information content (AvgIpc) is 2.79. The van der Waals surface area contributed by atoms with Gasteiger partial charge in [-0.15, -0.1) is 0 Å². The second-order valence-electron chi connectivity index (χ2n) is 7.66. The number of benzene rings is 1. The molecule has 9 heteroatoms. The number of fused-ring (bicyclic) bond motifs is 1. The molecule has 4 rings (SSSR count). The van der Waals surface area contributed by atoms with Crippen molar-refractivity contribution in [3.63, 3.8) is 0 Å². The number of carbonyl (C=O) groups is 2. The van der Waals surface area contributed by atoms with Crippen LogP contribution < -0.4 is 15.5 Å². The number of amides is 1. The summed E-state index contributed by atoms with van der Waals surface area (Å²) in [5, 5.41) is 6.70. The number of ketones is 1. The van der Waals surface area contributed by atoms with Gasteiger partial charge in [0.2, 0.25) is 0 Å². The molecule has 0 aliphatic carbocycles. The number of pyridine rings is 2. The molecule has 1 fully saturated rings.